The molecule has 0 aromatic rings. The van der Waals surface area contributed by atoms with E-state index in [1.54, 1.807) is 0 Å². The minimum atomic E-state index is -3.84. The Labute approximate surface area is 628 Å². The van der Waals surface area contributed by atoms with E-state index in [2.05, 4.69) is 46.6 Å². The maximum Gasteiger partial charge on any atom is 2.00 e. The Morgan fingerprint density at radius 3 is 0.432 bits per heavy atom. The van der Waals surface area contributed by atoms with Gasteiger partial charge in [0.2, 0.25) is 40.1 Å². The maximum absolute atomic E-state index is 12.6. The van der Waals surface area contributed by atoms with Crippen LogP contribution in [0.3, 0.4) is 0 Å². The molecule has 0 aliphatic carbocycles. The number of carbonyl (C=O) groups excluding carboxylic acids is 2. The summed E-state index contributed by atoms with van der Waals surface area (Å²) in [4.78, 5) is 22.4. The van der Waals surface area contributed by atoms with Crippen molar-refractivity contribution in [2.75, 3.05) is 23.0 Å². The van der Waals surface area contributed by atoms with Crippen molar-refractivity contribution in [3.05, 3.63) is 0 Å². The molecule has 95 heavy (non-hydrogen) atoms. The Hall–Kier alpha value is 0.151. The topological polar surface area (TPSA) is 265 Å². The molecule has 0 fully saturated rings. The van der Waals surface area contributed by atoms with Gasteiger partial charge >= 0.3 is 48.9 Å². The third-order valence-electron chi connectivity index (χ3n) is 18.1. The maximum atomic E-state index is 12.6. The summed E-state index contributed by atoms with van der Waals surface area (Å²) in [5.74, 6) is -3.66. The molecule has 0 unspecified atom stereocenters. The number of carboxylic acid groups (broad SMARTS) is 2. The van der Waals surface area contributed by atoms with Crippen LogP contribution < -0.4 is 29.1 Å². The van der Waals surface area contributed by atoms with Crippen molar-refractivity contribution in [2.45, 2.75) is 438 Å². The molecule has 0 amide bonds. The normalized spacial score (nSPS) is 12.2. The number of sulfonamides is 4. The zero-order valence-electron chi connectivity index (χ0n) is 62.1. The minimum Gasteiger partial charge on any atom is -0.550 e. The first-order chi connectivity index (χ1) is 45.2. The van der Waals surface area contributed by atoms with Gasteiger partial charge in [0.1, 0.15) is 0 Å². The van der Waals surface area contributed by atoms with Gasteiger partial charge in [0.15, 0.2) is 0 Å². The summed E-state index contributed by atoms with van der Waals surface area (Å²) in [6.07, 6.45) is 66.1. The molecule has 0 aromatic carbocycles. The van der Waals surface area contributed by atoms with Gasteiger partial charge in [0.05, 0.1) is 35.3 Å². The van der Waals surface area contributed by atoms with Crippen molar-refractivity contribution in [1.82, 2.24) is 18.9 Å². The molecule has 0 aromatic heterocycles. The number of nitrogens with one attached hydrogen (secondary N) is 4. The minimum absolute atomic E-state index is 0. The molecular formula is C74H150BaN4O12S4. The predicted molar refractivity (Wildman–Crippen MR) is 400 cm³/mol. The molecule has 16 nitrogen and oxygen atoms in total. The fourth-order valence-electron chi connectivity index (χ4n) is 12.3. The van der Waals surface area contributed by atoms with Crippen LogP contribution in [0.25, 0.3) is 0 Å². The summed E-state index contributed by atoms with van der Waals surface area (Å²) in [6, 6.07) is 0. The number of carbonyl (C=O) groups is 2. The predicted octanol–water partition coefficient (Wildman–Crippen LogP) is 17.7. The van der Waals surface area contributed by atoms with Gasteiger partial charge in [-0.05, 0) is 25.7 Å². The summed E-state index contributed by atoms with van der Waals surface area (Å²) in [5, 5.41) is 22.4. The summed E-state index contributed by atoms with van der Waals surface area (Å²) < 4.78 is 110. The Kier molecular flexibility index (Phi) is 75.8. The molecular weight excluding hydrogens is 1400 g/mol. The molecule has 0 saturated heterocycles. The molecule has 4 N–H and O–H groups in total. The van der Waals surface area contributed by atoms with E-state index in [1.807, 2.05) is 0 Å². The fourth-order valence-corrected chi connectivity index (χ4v) is 17.6. The van der Waals surface area contributed by atoms with Gasteiger partial charge in [-0.2, -0.15) is 18.9 Å². The Bertz CT molecular complexity index is 1850. The number of carboxylic acids is 2. The average Bonchev–Trinajstić information content (AvgIpc) is 1.08. The van der Waals surface area contributed by atoms with Gasteiger partial charge in [-0.15, -0.1) is 0 Å². The van der Waals surface area contributed by atoms with Gasteiger partial charge < -0.3 is 19.8 Å². The van der Waals surface area contributed by atoms with Crippen LogP contribution in [-0.2, 0) is 49.7 Å². The Morgan fingerprint density at radius 1 is 0.221 bits per heavy atom. The SMILES string of the molecule is CCCCCCCCCCCCCCCCCS(=O)(=O)NC(CC(=O)[O-])NS(=O)(=O)CCCCCCCCCCCCCCCCC.CCCCCCCCCCCCCCCCCS(=O)(=O)NC(CC(=O)[O-])NS(=O)(=O)CCCCCCCCCCCCCCCCC.[Ba+2]. The van der Waals surface area contributed by atoms with Gasteiger partial charge in [0.25, 0.3) is 0 Å². The van der Waals surface area contributed by atoms with Crippen LogP contribution in [0.1, 0.15) is 426 Å². The molecule has 564 valence electrons. The van der Waals surface area contributed by atoms with E-state index in [9.17, 15) is 53.5 Å². The Balaban J connectivity index is -0.00000176. The van der Waals surface area contributed by atoms with Crippen LogP contribution in [0.2, 0.25) is 0 Å². The van der Waals surface area contributed by atoms with Crippen LogP contribution in [0.4, 0.5) is 0 Å². The van der Waals surface area contributed by atoms with Crippen molar-refractivity contribution in [3.8, 4) is 0 Å². The van der Waals surface area contributed by atoms with E-state index in [1.165, 1.54) is 257 Å². The van der Waals surface area contributed by atoms with E-state index >= 15 is 0 Å². The molecule has 0 radical (unpaired) electrons. The number of unbranched alkanes of at least 4 members (excludes halogenated alkanes) is 56. The molecule has 0 heterocycles. The average molecular weight is 1550 g/mol. The third-order valence-corrected chi connectivity index (χ3v) is 24.0. The zero-order valence-corrected chi connectivity index (χ0v) is 69.8. The molecule has 0 aliphatic heterocycles. The molecule has 0 spiro atoms. The largest absolute Gasteiger partial charge is 2.00 e. The van der Waals surface area contributed by atoms with Crippen molar-refractivity contribution in [3.63, 3.8) is 0 Å². The van der Waals surface area contributed by atoms with Crippen molar-refractivity contribution in [2.24, 2.45) is 0 Å². The van der Waals surface area contributed by atoms with E-state index in [0.717, 1.165) is 103 Å². The summed E-state index contributed by atoms with van der Waals surface area (Å²) >= 11 is 0. The molecule has 0 saturated carbocycles. The molecule has 0 rings (SSSR count). The molecule has 21 heteroatoms. The summed E-state index contributed by atoms with van der Waals surface area (Å²) in [5.41, 5.74) is 0. The fraction of sp³-hybridized carbons (Fsp3) is 0.973. The second-order valence-electron chi connectivity index (χ2n) is 27.8. The number of rotatable bonds is 76. The number of hydrogen-bond acceptors (Lipinski definition) is 12. The zero-order chi connectivity index (χ0) is 69.8. The molecule has 0 aliphatic rings. The van der Waals surface area contributed by atoms with Gasteiger partial charge in [-0.25, -0.2) is 33.7 Å². The van der Waals surface area contributed by atoms with Crippen molar-refractivity contribution in [1.29, 1.82) is 0 Å². The Morgan fingerprint density at radius 2 is 0.326 bits per heavy atom. The van der Waals surface area contributed by atoms with Crippen LogP contribution in [0, 0.1) is 0 Å². The smallest absolute Gasteiger partial charge is 0.550 e. The van der Waals surface area contributed by atoms with Gasteiger partial charge in [0, 0.05) is 24.8 Å². The number of hydrogen-bond donors (Lipinski definition) is 4. The quantitative estimate of drug-likeness (QED) is 0.0252. The first-order valence-corrected chi connectivity index (χ1v) is 46.2. The second kappa shape index (κ2) is 72.5. The van der Waals surface area contributed by atoms with Crippen molar-refractivity contribution < 1.29 is 53.5 Å². The van der Waals surface area contributed by atoms with E-state index < -0.39 is 77.2 Å². The third kappa shape index (κ3) is 79.7. The van der Waals surface area contributed by atoms with Crippen LogP contribution in [0.5, 0.6) is 0 Å². The summed E-state index contributed by atoms with van der Waals surface area (Å²) in [7, 11) is -15.3. The van der Waals surface area contributed by atoms with Crippen LogP contribution >= 0.6 is 0 Å². The van der Waals surface area contributed by atoms with Gasteiger partial charge in [-0.3, -0.25) is 0 Å². The van der Waals surface area contributed by atoms with Crippen molar-refractivity contribution >= 4 is 101 Å². The molecule has 0 bridgehead atoms. The monoisotopic (exact) mass is 1550 g/mol. The van der Waals surface area contributed by atoms with E-state index in [-0.39, 0.29) is 71.9 Å². The first kappa shape index (κ1) is 99.3. The van der Waals surface area contributed by atoms with Crippen LogP contribution in [0.15, 0.2) is 0 Å². The molecule has 0 atom stereocenters. The first-order valence-electron chi connectivity index (χ1n) is 39.6. The van der Waals surface area contributed by atoms with E-state index in [4.69, 9.17) is 0 Å². The summed E-state index contributed by atoms with van der Waals surface area (Å²) in [6.45, 7) is 8.98. The standard InChI is InChI=1S/2C37H76N2O6S2.Ba/c2*1-3-5-7-9-11-13-15-17-19-21-23-25-27-29-31-33-46(42,43)38-36(35-37(40)41)39-47(44,45)34-32-30-28-26-24-22-20-18-16-14-12-10-8-6-4-2;/h2*36,38-39H,3-35H2,1-2H3,(H,40,41);/q;;+2/p-2. The second-order valence-corrected chi connectivity index (χ2v) is 35.3. The van der Waals surface area contributed by atoms with Crippen LogP contribution in [-0.4, -0.2) is 130 Å². The van der Waals surface area contributed by atoms with Gasteiger partial charge in [-0.1, -0.05) is 387 Å². The number of aliphatic carboxylic acids is 2. The van der Waals surface area contributed by atoms with E-state index in [0.29, 0.717) is 25.7 Å².